The van der Waals surface area contributed by atoms with Gasteiger partial charge in [-0.15, -0.1) is 0 Å². The molecule has 1 fully saturated rings. The molecule has 0 N–H and O–H groups in total. The first kappa shape index (κ1) is 26.7. The summed E-state index contributed by atoms with van der Waals surface area (Å²) in [6.45, 7) is 3.61. The van der Waals surface area contributed by atoms with Crippen molar-refractivity contribution in [2.24, 2.45) is 5.41 Å². The molecule has 1 heterocycles. The van der Waals surface area contributed by atoms with E-state index in [4.69, 9.17) is 16.3 Å². The second kappa shape index (κ2) is 11.8. The Morgan fingerprint density at radius 2 is 1.70 bits per heavy atom. The van der Waals surface area contributed by atoms with Crippen molar-refractivity contribution < 1.29 is 18.7 Å². The third-order valence-electron chi connectivity index (χ3n) is 7.10. The van der Waals surface area contributed by atoms with E-state index in [0.29, 0.717) is 56.3 Å². The Bertz CT molecular complexity index is 1240. The van der Waals surface area contributed by atoms with Crippen LogP contribution in [0.4, 0.5) is 4.39 Å². The number of benzene rings is 3. The highest BCUT2D eigenvalue weighted by atomic mass is 35.5. The van der Waals surface area contributed by atoms with E-state index in [2.05, 4.69) is 0 Å². The third kappa shape index (κ3) is 6.69. The van der Waals surface area contributed by atoms with Gasteiger partial charge in [-0.3, -0.25) is 9.59 Å². The number of amides is 2. The van der Waals surface area contributed by atoms with E-state index in [1.807, 2.05) is 56.4 Å². The molecule has 0 unspecified atom stereocenters. The van der Waals surface area contributed by atoms with Crippen molar-refractivity contribution in [2.75, 3.05) is 26.7 Å². The number of rotatable bonds is 8. The zero-order chi connectivity index (χ0) is 26.4. The molecular weight excluding hydrogens is 491 g/mol. The number of piperidine rings is 1. The molecule has 2 amide bonds. The molecule has 1 aliphatic heterocycles. The number of halogens is 2. The third-order valence-corrected chi connectivity index (χ3v) is 7.53. The van der Waals surface area contributed by atoms with Gasteiger partial charge in [-0.25, -0.2) is 4.39 Å². The molecule has 3 aromatic carbocycles. The molecule has 194 valence electrons. The summed E-state index contributed by atoms with van der Waals surface area (Å²) in [4.78, 5) is 29.7. The molecule has 4 rings (SSSR count). The molecule has 0 saturated carbocycles. The van der Waals surface area contributed by atoms with Gasteiger partial charge < -0.3 is 14.5 Å². The van der Waals surface area contributed by atoms with Crippen LogP contribution in [0.2, 0.25) is 5.02 Å². The van der Waals surface area contributed by atoms with Gasteiger partial charge in [-0.05, 0) is 61.2 Å². The maximum Gasteiger partial charge on any atom is 0.256 e. The largest absolute Gasteiger partial charge is 0.493 e. The normalized spacial score (nSPS) is 14.8. The molecule has 37 heavy (non-hydrogen) atoms. The summed E-state index contributed by atoms with van der Waals surface area (Å²) in [5.41, 5.74) is 1.59. The van der Waals surface area contributed by atoms with Crippen molar-refractivity contribution >= 4 is 23.4 Å². The van der Waals surface area contributed by atoms with Gasteiger partial charge in [0.1, 0.15) is 11.6 Å². The van der Waals surface area contributed by atoms with Gasteiger partial charge in [0.15, 0.2) is 0 Å². The number of likely N-dealkylation sites (tertiary alicyclic amines) is 1. The van der Waals surface area contributed by atoms with E-state index >= 15 is 0 Å². The quantitative estimate of drug-likeness (QED) is 0.357. The SMILES string of the molecule is Cc1cc(OCC2(CC(=O)N(C)Cc3ccccc3)CCN(C(=O)c3ccccc3F)CC2)ccc1Cl. The van der Waals surface area contributed by atoms with Gasteiger partial charge >= 0.3 is 0 Å². The lowest BCUT2D eigenvalue weighted by atomic mass is 9.75. The first-order chi connectivity index (χ1) is 17.8. The maximum atomic E-state index is 14.2. The second-order valence-electron chi connectivity index (χ2n) is 9.88. The second-order valence-corrected chi connectivity index (χ2v) is 10.3. The summed E-state index contributed by atoms with van der Waals surface area (Å²) in [6.07, 6.45) is 1.44. The molecule has 0 radical (unpaired) electrons. The van der Waals surface area contributed by atoms with Crippen LogP contribution in [0.5, 0.6) is 5.75 Å². The summed E-state index contributed by atoms with van der Waals surface area (Å²) >= 11 is 6.16. The van der Waals surface area contributed by atoms with E-state index in [1.165, 1.54) is 12.1 Å². The van der Waals surface area contributed by atoms with Crippen LogP contribution in [0, 0.1) is 18.2 Å². The Morgan fingerprint density at radius 3 is 2.38 bits per heavy atom. The number of aryl methyl sites for hydroxylation is 1. The van der Waals surface area contributed by atoms with Crippen molar-refractivity contribution in [2.45, 2.75) is 32.7 Å². The Labute approximate surface area is 222 Å². The number of hydrogen-bond donors (Lipinski definition) is 0. The van der Waals surface area contributed by atoms with E-state index in [9.17, 15) is 14.0 Å². The van der Waals surface area contributed by atoms with Crippen molar-refractivity contribution in [3.8, 4) is 5.75 Å². The Kier molecular flexibility index (Phi) is 8.49. The molecule has 0 spiro atoms. The van der Waals surface area contributed by atoms with Gasteiger partial charge in [-0.2, -0.15) is 0 Å². The molecule has 7 heteroatoms. The van der Waals surface area contributed by atoms with Gasteiger partial charge in [0.2, 0.25) is 5.91 Å². The van der Waals surface area contributed by atoms with Crippen LogP contribution in [-0.4, -0.2) is 48.4 Å². The number of ether oxygens (including phenoxy) is 1. The van der Waals surface area contributed by atoms with Crippen molar-refractivity contribution in [3.63, 3.8) is 0 Å². The molecule has 0 bridgehead atoms. The molecular formula is C30H32ClFN2O3. The standard InChI is InChI=1S/C30H32ClFN2O3/c1-22-18-24(12-13-26(22)31)37-21-30(19-28(35)33(2)20-23-8-4-3-5-9-23)14-16-34(17-15-30)29(36)25-10-6-7-11-27(25)32/h3-13,18H,14-17,19-21H2,1-2H3. The van der Waals surface area contributed by atoms with Crippen molar-refractivity contribution in [1.29, 1.82) is 0 Å². The van der Waals surface area contributed by atoms with E-state index < -0.39 is 11.2 Å². The van der Waals surface area contributed by atoms with Crippen LogP contribution in [0.3, 0.4) is 0 Å². The minimum atomic E-state index is -0.525. The first-order valence-corrected chi connectivity index (χ1v) is 12.8. The van der Waals surface area contributed by atoms with Gasteiger partial charge in [-0.1, -0.05) is 54.1 Å². The summed E-state index contributed by atoms with van der Waals surface area (Å²) in [6, 6.07) is 21.4. The Balaban J connectivity index is 1.48. The van der Waals surface area contributed by atoms with Crippen LogP contribution in [0.1, 0.15) is 40.7 Å². The van der Waals surface area contributed by atoms with E-state index in [-0.39, 0.29) is 17.4 Å². The van der Waals surface area contributed by atoms with E-state index in [0.717, 1.165) is 11.1 Å². The number of carbonyl (C=O) groups is 2. The first-order valence-electron chi connectivity index (χ1n) is 12.5. The fourth-order valence-corrected chi connectivity index (χ4v) is 4.82. The molecule has 0 aromatic heterocycles. The zero-order valence-electron chi connectivity index (χ0n) is 21.3. The van der Waals surface area contributed by atoms with Crippen LogP contribution in [-0.2, 0) is 11.3 Å². The minimum absolute atomic E-state index is 0.0219. The predicted octanol–water partition coefficient (Wildman–Crippen LogP) is 6.14. The molecule has 5 nitrogen and oxygen atoms in total. The Hall–Kier alpha value is -3.38. The van der Waals surface area contributed by atoms with Crippen molar-refractivity contribution in [1.82, 2.24) is 9.80 Å². The van der Waals surface area contributed by atoms with Crippen LogP contribution < -0.4 is 4.74 Å². The van der Waals surface area contributed by atoms with Crippen molar-refractivity contribution in [3.05, 3.63) is 100 Å². The molecule has 0 aliphatic carbocycles. The summed E-state index contributed by atoms with van der Waals surface area (Å²) in [5.74, 6) is -0.137. The Morgan fingerprint density at radius 1 is 1.03 bits per heavy atom. The summed E-state index contributed by atoms with van der Waals surface area (Å²) in [7, 11) is 1.81. The van der Waals surface area contributed by atoms with Crippen LogP contribution in [0.15, 0.2) is 72.8 Å². The average Bonchev–Trinajstić information content (AvgIpc) is 2.90. The lowest BCUT2D eigenvalue weighted by molar-refractivity contribution is -0.134. The fraction of sp³-hybridized carbons (Fsp3) is 0.333. The average molecular weight is 523 g/mol. The molecule has 1 aliphatic rings. The van der Waals surface area contributed by atoms with Gasteiger partial charge in [0.25, 0.3) is 5.91 Å². The topological polar surface area (TPSA) is 49.9 Å². The highest BCUT2D eigenvalue weighted by Crippen LogP contribution is 2.37. The maximum absolute atomic E-state index is 14.2. The lowest BCUT2D eigenvalue weighted by Crippen LogP contribution is -2.47. The number of nitrogens with zero attached hydrogens (tertiary/aromatic N) is 2. The smallest absolute Gasteiger partial charge is 0.256 e. The lowest BCUT2D eigenvalue weighted by Gasteiger charge is -2.42. The minimum Gasteiger partial charge on any atom is -0.493 e. The number of hydrogen-bond acceptors (Lipinski definition) is 3. The molecule has 0 atom stereocenters. The fourth-order valence-electron chi connectivity index (χ4n) is 4.71. The monoisotopic (exact) mass is 522 g/mol. The highest BCUT2D eigenvalue weighted by Gasteiger charge is 2.39. The van der Waals surface area contributed by atoms with Crippen LogP contribution >= 0.6 is 11.6 Å². The van der Waals surface area contributed by atoms with Gasteiger partial charge in [0.05, 0.1) is 12.2 Å². The number of carbonyl (C=O) groups excluding carboxylic acids is 2. The summed E-state index contributed by atoms with van der Waals surface area (Å²) in [5, 5.41) is 0.666. The zero-order valence-corrected chi connectivity index (χ0v) is 22.0. The van der Waals surface area contributed by atoms with Crippen LogP contribution in [0.25, 0.3) is 0 Å². The van der Waals surface area contributed by atoms with Gasteiger partial charge in [0, 0.05) is 43.5 Å². The highest BCUT2D eigenvalue weighted by molar-refractivity contribution is 6.31. The molecule has 1 saturated heterocycles. The predicted molar refractivity (Wildman–Crippen MR) is 143 cm³/mol. The summed E-state index contributed by atoms with van der Waals surface area (Å²) < 4.78 is 20.4. The van der Waals surface area contributed by atoms with E-state index in [1.54, 1.807) is 28.0 Å². The molecule has 3 aromatic rings.